The number of benzene rings is 1. The third kappa shape index (κ3) is 3.53. The zero-order valence-electron chi connectivity index (χ0n) is 13.7. The van der Waals surface area contributed by atoms with Gasteiger partial charge in [0, 0.05) is 6.20 Å². The molecule has 23 heavy (non-hydrogen) atoms. The Bertz CT molecular complexity index is 688. The van der Waals surface area contributed by atoms with Gasteiger partial charge in [0.15, 0.2) is 5.11 Å². The number of hydrogen-bond acceptors (Lipinski definition) is 2. The summed E-state index contributed by atoms with van der Waals surface area (Å²) in [6, 6.07) is 12.8. The number of pyridine rings is 1. The lowest BCUT2D eigenvalue weighted by Crippen LogP contribution is -2.45. The maximum absolute atomic E-state index is 5.57. The Balaban J connectivity index is 1.78. The summed E-state index contributed by atoms with van der Waals surface area (Å²) in [7, 11) is 0. The second-order valence-corrected chi connectivity index (χ2v) is 6.81. The van der Waals surface area contributed by atoms with Gasteiger partial charge in [0.2, 0.25) is 0 Å². The van der Waals surface area contributed by atoms with Crippen molar-refractivity contribution < 1.29 is 0 Å². The quantitative estimate of drug-likeness (QED) is 0.817. The summed E-state index contributed by atoms with van der Waals surface area (Å²) in [5, 5.41) is 7.48. The molecular weight excluding hydrogens is 302 g/mol. The highest BCUT2D eigenvalue weighted by Crippen LogP contribution is 2.38. The van der Waals surface area contributed by atoms with Crippen molar-refractivity contribution in [1.29, 1.82) is 0 Å². The van der Waals surface area contributed by atoms with Crippen molar-refractivity contribution in [2.24, 2.45) is 0 Å². The molecule has 3 nitrogen and oxygen atoms in total. The van der Waals surface area contributed by atoms with Crippen molar-refractivity contribution in [3.05, 3.63) is 59.3 Å². The number of aromatic nitrogens is 1. The van der Waals surface area contributed by atoms with Crippen LogP contribution >= 0.6 is 12.2 Å². The molecule has 1 aliphatic rings. The second-order valence-electron chi connectivity index (χ2n) is 6.40. The minimum atomic E-state index is -0.0551. The van der Waals surface area contributed by atoms with Gasteiger partial charge in [-0.3, -0.25) is 0 Å². The van der Waals surface area contributed by atoms with Crippen molar-refractivity contribution >= 4 is 23.1 Å². The molecule has 2 aromatic rings. The topological polar surface area (TPSA) is 37.0 Å². The first-order valence-electron chi connectivity index (χ1n) is 8.17. The van der Waals surface area contributed by atoms with Crippen LogP contribution in [-0.2, 0) is 5.54 Å². The van der Waals surface area contributed by atoms with E-state index in [0.717, 1.165) is 24.2 Å². The predicted molar refractivity (Wildman–Crippen MR) is 99.7 cm³/mol. The van der Waals surface area contributed by atoms with Crippen LogP contribution in [-0.4, -0.2) is 10.1 Å². The van der Waals surface area contributed by atoms with E-state index in [0.29, 0.717) is 5.11 Å². The highest BCUT2D eigenvalue weighted by molar-refractivity contribution is 7.80. The summed E-state index contributed by atoms with van der Waals surface area (Å²) in [6.45, 7) is 4.15. The van der Waals surface area contributed by atoms with Gasteiger partial charge in [0.05, 0.1) is 5.54 Å². The Morgan fingerprint density at radius 1 is 1.09 bits per heavy atom. The van der Waals surface area contributed by atoms with E-state index < -0.39 is 0 Å². The van der Waals surface area contributed by atoms with Crippen molar-refractivity contribution in [3.8, 4) is 0 Å². The molecule has 0 radical (unpaired) electrons. The third-order valence-corrected chi connectivity index (χ3v) is 4.86. The van der Waals surface area contributed by atoms with E-state index in [1.807, 2.05) is 19.1 Å². The molecule has 0 bridgehead atoms. The minimum absolute atomic E-state index is 0.0551. The smallest absolute Gasteiger partial charge is 0.172 e. The monoisotopic (exact) mass is 325 g/mol. The fraction of sp³-hybridized carbons (Fsp3) is 0.368. The van der Waals surface area contributed by atoms with Gasteiger partial charge in [0.25, 0.3) is 0 Å². The minimum Gasteiger partial charge on any atom is -0.353 e. The van der Waals surface area contributed by atoms with E-state index in [-0.39, 0.29) is 5.54 Å². The molecule has 0 spiro atoms. The number of thiocarbonyl (C=S) groups is 1. The molecular formula is C19H23N3S. The van der Waals surface area contributed by atoms with Crippen LogP contribution in [0.3, 0.4) is 0 Å². The highest BCUT2D eigenvalue weighted by atomic mass is 32.1. The Hall–Kier alpha value is -1.94. The number of aryl methyl sites for hydroxylation is 2. The third-order valence-electron chi connectivity index (χ3n) is 4.66. The van der Waals surface area contributed by atoms with Crippen LogP contribution in [0.15, 0.2) is 42.6 Å². The maximum Gasteiger partial charge on any atom is 0.172 e. The lowest BCUT2D eigenvalue weighted by atomic mass is 9.88. The molecule has 1 fully saturated rings. The van der Waals surface area contributed by atoms with E-state index >= 15 is 0 Å². The summed E-state index contributed by atoms with van der Waals surface area (Å²) in [4.78, 5) is 4.36. The molecule has 1 saturated carbocycles. The molecule has 0 amide bonds. The Kier molecular flexibility index (Phi) is 4.62. The first-order valence-corrected chi connectivity index (χ1v) is 8.58. The van der Waals surface area contributed by atoms with Crippen LogP contribution in [0.1, 0.15) is 42.4 Å². The second kappa shape index (κ2) is 6.67. The average molecular weight is 325 g/mol. The van der Waals surface area contributed by atoms with Gasteiger partial charge in [-0.1, -0.05) is 48.7 Å². The van der Waals surface area contributed by atoms with Gasteiger partial charge < -0.3 is 10.6 Å². The van der Waals surface area contributed by atoms with Crippen LogP contribution in [0.2, 0.25) is 0 Å². The normalized spacial score (nSPS) is 16.1. The van der Waals surface area contributed by atoms with Gasteiger partial charge in [-0.2, -0.15) is 0 Å². The number of nitrogens with one attached hydrogen (secondary N) is 2. The summed E-state index contributed by atoms with van der Waals surface area (Å²) >= 11 is 5.57. The fourth-order valence-electron chi connectivity index (χ4n) is 3.31. The number of anilines is 1. The summed E-state index contributed by atoms with van der Waals surface area (Å²) in [6.07, 6.45) is 6.46. The molecule has 0 saturated heterocycles. The van der Waals surface area contributed by atoms with Crippen molar-refractivity contribution in [2.75, 3.05) is 5.32 Å². The first kappa shape index (κ1) is 15.9. The van der Waals surface area contributed by atoms with Crippen LogP contribution in [0.5, 0.6) is 0 Å². The lowest BCUT2D eigenvalue weighted by Gasteiger charge is -2.32. The SMILES string of the molecule is Cc1ccc(C2(NC(=S)Nc3ncccc3C)CCCC2)cc1. The summed E-state index contributed by atoms with van der Waals surface area (Å²) in [5.74, 6) is 0.821. The highest BCUT2D eigenvalue weighted by Gasteiger charge is 2.36. The number of rotatable bonds is 3. The van der Waals surface area contributed by atoms with Gasteiger partial charge in [-0.25, -0.2) is 4.98 Å². The largest absolute Gasteiger partial charge is 0.353 e. The molecule has 0 atom stereocenters. The predicted octanol–water partition coefficient (Wildman–Crippen LogP) is 4.45. The molecule has 120 valence electrons. The average Bonchev–Trinajstić information content (AvgIpc) is 3.00. The van der Waals surface area contributed by atoms with E-state index in [1.165, 1.54) is 24.0 Å². The molecule has 1 aromatic carbocycles. The van der Waals surface area contributed by atoms with Gasteiger partial charge >= 0.3 is 0 Å². The van der Waals surface area contributed by atoms with Gasteiger partial charge in [0.1, 0.15) is 5.82 Å². The standard InChI is InChI=1S/C19H23N3S/c1-14-7-9-16(10-8-14)19(11-3-4-12-19)22-18(23)21-17-15(2)6-5-13-20-17/h5-10,13H,3-4,11-12H2,1-2H3,(H2,20,21,22,23). The van der Waals surface area contributed by atoms with E-state index in [1.54, 1.807) is 6.20 Å². The van der Waals surface area contributed by atoms with Crippen LogP contribution in [0.25, 0.3) is 0 Å². The Morgan fingerprint density at radius 3 is 2.43 bits per heavy atom. The van der Waals surface area contributed by atoms with Crippen LogP contribution in [0.4, 0.5) is 5.82 Å². The molecule has 1 aromatic heterocycles. The van der Waals surface area contributed by atoms with Crippen molar-refractivity contribution in [1.82, 2.24) is 10.3 Å². The fourth-order valence-corrected chi connectivity index (χ4v) is 3.60. The number of nitrogens with zero attached hydrogens (tertiary/aromatic N) is 1. The Morgan fingerprint density at radius 2 is 1.78 bits per heavy atom. The molecule has 2 N–H and O–H groups in total. The van der Waals surface area contributed by atoms with Crippen molar-refractivity contribution in [3.63, 3.8) is 0 Å². The van der Waals surface area contributed by atoms with E-state index in [9.17, 15) is 0 Å². The summed E-state index contributed by atoms with van der Waals surface area (Å²) in [5.41, 5.74) is 3.64. The zero-order valence-corrected chi connectivity index (χ0v) is 14.5. The van der Waals surface area contributed by atoms with E-state index in [2.05, 4.69) is 46.8 Å². The van der Waals surface area contributed by atoms with E-state index in [4.69, 9.17) is 12.2 Å². The van der Waals surface area contributed by atoms with Gasteiger partial charge in [-0.05, 0) is 56.1 Å². The van der Waals surface area contributed by atoms with Crippen LogP contribution < -0.4 is 10.6 Å². The molecule has 3 rings (SSSR count). The first-order chi connectivity index (χ1) is 11.1. The lowest BCUT2D eigenvalue weighted by molar-refractivity contribution is 0.408. The molecule has 4 heteroatoms. The zero-order chi connectivity index (χ0) is 16.3. The molecule has 1 aliphatic carbocycles. The van der Waals surface area contributed by atoms with Crippen LogP contribution in [0, 0.1) is 13.8 Å². The maximum atomic E-state index is 5.57. The number of hydrogen-bond donors (Lipinski definition) is 2. The Labute approximate surface area is 143 Å². The molecule has 0 aliphatic heterocycles. The molecule has 1 heterocycles. The van der Waals surface area contributed by atoms with Gasteiger partial charge in [-0.15, -0.1) is 0 Å². The van der Waals surface area contributed by atoms with Crippen molar-refractivity contribution in [2.45, 2.75) is 45.1 Å². The molecule has 0 unspecified atom stereocenters. The summed E-state index contributed by atoms with van der Waals surface area (Å²) < 4.78 is 0.